The van der Waals surface area contributed by atoms with Crippen molar-refractivity contribution in [2.45, 2.75) is 25.6 Å². The minimum absolute atomic E-state index is 0.168. The lowest BCUT2D eigenvalue weighted by atomic mass is 10.0. The maximum absolute atomic E-state index is 14.3. The molecule has 3 rings (SSSR count). The summed E-state index contributed by atoms with van der Waals surface area (Å²) in [7, 11) is 2.05. The van der Waals surface area contributed by atoms with Gasteiger partial charge < -0.3 is 14.8 Å². The number of nitrogens with one attached hydrogen (secondary N) is 1. The van der Waals surface area contributed by atoms with Gasteiger partial charge in [0, 0.05) is 7.05 Å². The minimum Gasteiger partial charge on any atom is -0.465 e. The number of hydrogen-bond acceptors (Lipinski definition) is 5. The van der Waals surface area contributed by atoms with Gasteiger partial charge in [-0.15, -0.1) is 0 Å². The molecule has 3 aromatic rings. The van der Waals surface area contributed by atoms with Crippen LogP contribution in [0, 0.1) is 11.6 Å². The fraction of sp³-hybridized carbons (Fsp3) is 0.261. The maximum Gasteiger partial charge on any atom is 0.416 e. The number of methoxy groups -OCH3 is 1. The fourth-order valence-electron chi connectivity index (χ4n) is 3.35. The highest BCUT2D eigenvalue weighted by Gasteiger charge is 2.33. The number of esters is 1. The highest BCUT2D eigenvalue weighted by Crippen LogP contribution is 2.36. The third kappa shape index (κ3) is 5.84. The summed E-state index contributed by atoms with van der Waals surface area (Å²) in [4.78, 5) is 24.5. The summed E-state index contributed by atoms with van der Waals surface area (Å²) in [5.41, 5.74) is -4.05. The molecule has 1 amide bonds. The van der Waals surface area contributed by atoms with Crippen LogP contribution in [0.25, 0.3) is 0 Å². The van der Waals surface area contributed by atoms with E-state index in [0.717, 1.165) is 49.2 Å². The van der Waals surface area contributed by atoms with Crippen LogP contribution in [-0.4, -0.2) is 28.8 Å². The first-order valence-electron chi connectivity index (χ1n) is 10.3. The number of amides is 1. The lowest BCUT2D eigenvalue weighted by molar-refractivity contribution is -0.137. The molecule has 1 unspecified atom stereocenters. The number of carbonyl (C=O) groups excluding carboxylic acids is 2. The number of halogens is 7. The number of ether oxygens (including phenoxy) is 2. The molecule has 0 bridgehead atoms. The molecule has 0 aliphatic carbocycles. The average molecular weight is 533 g/mol. The largest absolute Gasteiger partial charge is 0.465 e. The molecule has 14 heteroatoms. The standard InChI is InChI=1S/C23H18F7N3O4/c1-10(11-7-14(24)16(15(25)8-11)22(35)36-3)31-20(34)17-18(19(26)27)32-33(2)21(17)37-13-6-4-5-12(9-13)23(28,29)30/h4-10,19H,1-3H3,(H,31,34). The van der Waals surface area contributed by atoms with E-state index in [9.17, 15) is 40.3 Å². The summed E-state index contributed by atoms with van der Waals surface area (Å²) in [5.74, 6) is -6.07. The molecule has 1 N–H and O–H groups in total. The number of hydrogen-bond donors (Lipinski definition) is 1. The number of aryl methyl sites for hydroxylation is 1. The molecule has 0 fully saturated rings. The molecule has 1 atom stereocenters. The van der Waals surface area contributed by atoms with Crippen LogP contribution in [-0.2, 0) is 18.0 Å². The van der Waals surface area contributed by atoms with Crippen molar-refractivity contribution in [2.24, 2.45) is 7.05 Å². The van der Waals surface area contributed by atoms with E-state index in [1.807, 2.05) is 0 Å². The van der Waals surface area contributed by atoms with Crippen LogP contribution in [0.15, 0.2) is 36.4 Å². The van der Waals surface area contributed by atoms with Crippen LogP contribution in [0.3, 0.4) is 0 Å². The molecule has 0 radical (unpaired) electrons. The molecule has 2 aromatic carbocycles. The van der Waals surface area contributed by atoms with E-state index in [2.05, 4.69) is 15.2 Å². The van der Waals surface area contributed by atoms with Gasteiger partial charge in [-0.2, -0.15) is 18.3 Å². The Morgan fingerprint density at radius 2 is 1.68 bits per heavy atom. The average Bonchev–Trinajstić information content (AvgIpc) is 3.14. The summed E-state index contributed by atoms with van der Waals surface area (Å²) in [6.45, 7) is 1.27. The van der Waals surface area contributed by atoms with Crippen LogP contribution in [0.4, 0.5) is 30.7 Å². The van der Waals surface area contributed by atoms with Gasteiger partial charge in [-0.1, -0.05) is 6.07 Å². The zero-order chi connectivity index (χ0) is 27.7. The fourth-order valence-corrected chi connectivity index (χ4v) is 3.35. The summed E-state index contributed by atoms with van der Waals surface area (Å²) >= 11 is 0. The van der Waals surface area contributed by atoms with Crippen molar-refractivity contribution in [1.29, 1.82) is 0 Å². The Hall–Kier alpha value is -4.10. The summed E-state index contributed by atoms with van der Waals surface area (Å²) in [6, 6.07) is 3.81. The minimum atomic E-state index is -4.72. The van der Waals surface area contributed by atoms with Gasteiger partial charge >= 0.3 is 12.1 Å². The van der Waals surface area contributed by atoms with Crippen molar-refractivity contribution < 1.29 is 49.8 Å². The van der Waals surface area contributed by atoms with Crippen molar-refractivity contribution in [3.63, 3.8) is 0 Å². The third-order valence-corrected chi connectivity index (χ3v) is 5.13. The van der Waals surface area contributed by atoms with Crippen LogP contribution < -0.4 is 10.1 Å². The molecule has 0 saturated carbocycles. The smallest absolute Gasteiger partial charge is 0.416 e. The number of nitrogens with zero attached hydrogens (tertiary/aromatic N) is 2. The second-order valence-electron chi connectivity index (χ2n) is 7.66. The lowest BCUT2D eigenvalue weighted by Crippen LogP contribution is -2.28. The van der Waals surface area contributed by atoms with Gasteiger partial charge in [-0.3, -0.25) is 4.79 Å². The highest BCUT2D eigenvalue weighted by atomic mass is 19.4. The van der Waals surface area contributed by atoms with E-state index < -0.39 is 76.2 Å². The Labute approximate surface area is 204 Å². The normalized spacial score (nSPS) is 12.4. The Kier molecular flexibility index (Phi) is 7.79. The summed E-state index contributed by atoms with van der Waals surface area (Å²) in [6.07, 6.45) is -8.00. The summed E-state index contributed by atoms with van der Waals surface area (Å²) in [5, 5.41) is 5.80. The number of aromatic nitrogens is 2. The molecule has 7 nitrogen and oxygen atoms in total. The van der Waals surface area contributed by atoms with Crippen molar-refractivity contribution in [2.75, 3.05) is 7.11 Å². The van der Waals surface area contributed by atoms with Gasteiger partial charge in [0.2, 0.25) is 5.88 Å². The lowest BCUT2D eigenvalue weighted by Gasteiger charge is -2.17. The Morgan fingerprint density at radius 3 is 2.22 bits per heavy atom. The summed E-state index contributed by atoms with van der Waals surface area (Å²) < 4.78 is 105. The molecule has 0 spiro atoms. The Morgan fingerprint density at radius 1 is 1.05 bits per heavy atom. The zero-order valence-electron chi connectivity index (χ0n) is 19.3. The zero-order valence-corrected chi connectivity index (χ0v) is 19.3. The van der Waals surface area contributed by atoms with Gasteiger partial charge in [0.25, 0.3) is 12.3 Å². The van der Waals surface area contributed by atoms with E-state index in [0.29, 0.717) is 6.07 Å². The van der Waals surface area contributed by atoms with E-state index >= 15 is 0 Å². The monoisotopic (exact) mass is 533 g/mol. The molecule has 0 saturated heterocycles. The first kappa shape index (κ1) is 27.5. The number of carbonyl (C=O) groups is 2. The van der Waals surface area contributed by atoms with Crippen molar-refractivity contribution in [3.05, 3.63) is 76.0 Å². The topological polar surface area (TPSA) is 82.5 Å². The molecule has 1 aromatic heterocycles. The highest BCUT2D eigenvalue weighted by molar-refractivity contribution is 5.98. The molecular formula is C23H18F7N3O4. The van der Waals surface area contributed by atoms with Crippen molar-refractivity contribution in [1.82, 2.24) is 15.1 Å². The quantitative estimate of drug-likeness (QED) is 0.310. The van der Waals surface area contributed by atoms with Gasteiger partial charge in [0.1, 0.15) is 34.2 Å². The van der Waals surface area contributed by atoms with Crippen LogP contribution >= 0.6 is 0 Å². The maximum atomic E-state index is 14.3. The SMILES string of the molecule is COC(=O)c1c(F)cc(C(C)NC(=O)c2c(C(F)F)nn(C)c2Oc2cccc(C(F)(F)F)c2)cc1F. The van der Waals surface area contributed by atoms with Crippen molar-refractivity contribution in [3.8, 4) is 11.6 Å². The first-order chi connectivity index (χ1) is 17.2. The van der Waals surface area contributed by atoms with Crippen LogP contribution in [0.5, 0.6) is 11.6 Å². The van der Waals surface area contributed by atoms with Gasteiger partial charge in [0.15, 0.2) is 0 Å². The molecular weight excluding hydrogens is 515 g/mol. The molecule has 0 aliphatic heterocycles. The second-order valence-corrected chi connectivity index (χ2v) is 7.66. The number of alkyl halides is 5. The van der Waals surface area contributed by atoms with Gasteiger partial charge in [0.05, 0.1) is 18.7 Å². The molecule has 37 heavy (non-hydrogen) atoms. The number of rotatable bonds is 7. The van der Waals surface area contributed by atoms with Crippen LogP contribution in [0.2, 0.25) is 0 Å². The van der Waals surface area contributed by atoms with Crippen LogP contribution in [0.1, 0.15) is 56.9 Å². The third-order valence-electron chi connectivity index (χ3n) is 5.13. The van der Waals surface area contributed by atoms with E-state index in [1.165, 1.54) is 6.92 Å². The molecule has 0 aliphatic rings. The van der Waals surface area contributed by atoms with E-state index in [-0.39, 0.29) is 5.56 Å². The first-order valence-corrected chi connectivity index (χ1v) is 10.3. The Bertz CT molecular complexity index is 1320. The molecule has 198 valence electrons. The predicted molar refractivity (Wildman–Crippen MR) is 113 cm³/mol. The van der Waals surface area contributed by atoms with Crippen molar-refractivity contribution >= 4 is 11.9 Å². The van der Waals surface area contributed by atoms with E-state index in [1.54, 1.807) is 0 Å². The molecule has 1 heterocycles. The Balaban J connectivity index is 1.96. The predicted octanol–water partition coefficient (Wildman–Crippen LogP) is 5.72. The van der Waals surface area contributed by atoms with Gasteiger partial charge in [-0.25, -0.2) is 27.0 Å². The second kappa shape index (κ2) is 10.5. The number of benzene rings is 2. The van der Waals surface area contributed by atoms with Gasteiger partial charge in [-0.05, 0) is 42.8 Å². The van der Waals surface area contributed by atoms with E-state index in [4.69, 9.17) is 4.74 Å².